The van der Waals surface area contributed by atoms with E-state index in [1.54, 1.807) is 19.1 Å². The smallest absolute Gasteiger partial charge is 0.315 e. The summed E-state index contributed by atoms with van der Waals surface area (Å²) in [5.74, 6) is -0.680. The average molecular weight is 243 g/mol. The number of hydrogen-bond acceptors (Lipinski definition) is 4. The van der Waals surface area contributed by atoms with Crippen molar-refractivity contribution >= 4 is 29.3 Å². The van der Waals surface area contributed by atoms with Crippen molar-refractivity contribution in [3.63, 3.8) is 0 Å². The summed E-state index contributed by atoms with van der Waals surface area (Å²) < 4.78 is 4.63. The van der Waals surface area contributed by atoms with Crippen LogP contribution in [0.1, 0.15) is 13.3 Å². The molecule has 86 valence electrons. The van der Waals surface area contributed by atoms with Crippen molar-refractivity contribution in [2.45, 2.75) is 13.3 Å². The molecule has 0 saturated carbocycles. The number of carbonyl (C=O) groups is 2. The summed E-state index contributed by atoms with van der Waals surface area (Å²) in [5, 5.41) is 2.92. The molecule has 5 nitrogen and oxygen atoms in total. The Morgan fingerprint density at radius 3 is 2.81 bits per heavy atom. The molecule has 1 N–H and O–H groups in total. The molecule has 1 heterocycles. The van der Waals surface area contributed by atoms with E-state index in [4.69, 9.17) is 11.6 Å². The SMILES string of the molecule is CCOC(=O)CC(=O)Nc1ccc(Cl)cn1. The van der Waals surface area contributed by atoms with Crippen LogP contribution in [0.5, 0.6) is 0 Å². The number of halogens is 1. The van der Waals surface area contributed by atoms with E-state index in [9.17, 15) is 9.59 Å². The molecule has 0 fully saturated rings. The number of amides is 1. The molecule has 1 amide bonds. The van der Waals surface area contributed by atoms with Crippen LogP contribution in [-0.4, -0.2) is 23.5 Å². The lowest BCUT2D eigenvalue weighted by atomic mass is 10.4. The second kappa shape index (κ2) is 6.07. The molecule has 16 heavy (non-hydrogen) atoms. The van der Waals surface area contributed by atoms with Gasteiger partial charge in [-0.05, 0) is 19.1 Å². The van der Waals surface area contributed by atoms with E-state index in [1.165, 1.54) is 6.20 Å². The fourth-order valence-electron chi connectivity index (χ4n) is 0.980. The van der Waals surface area contributed by atoms with Crippen molar-refractivity contribution in [3.8, 4) is 0 Å². The fourth-order valence-corrected chi connectivity index (χ4v) is 1.09. The Balaban J connectivity index is 2.45. The van der Waals surface area contributed by atoms with Crippen molar-refractivity contribution in [2.75, 3.05) is 11.9 Å². The Morgan fingerprint density at radius 1 is 1.50 bits per heavy atom. The molecule has 0 aliphatic rings. The van der Waals surface area contributed by atoms with Crippen molar-refractivity contribution in [1.29, 1.82) is 0 Å². The number of nitrogens with zero attached hydrogens (tertiary/aromatic N) is 1. The normalized spacial score (nSPS) is 9.62. The Kier molecular flexibility index (Phi) is 4.72. The van der Waals surface area contributed by atoms with Gasteiger partial charge in [-0.15, -0.1) is 0 Å². The van der Waals surface area contributed by atoms with E-state index in [1.807, 2.05) is 0 Å². The first kappa shape index (κ1) is 12.4. The zero-order chi connectivity index (χ0) is 12.0. The van der Waals surface area contributed by atoms with E-state index in [2.05, 4.69) is 15.0 Å². The third-order valence-corrected chi connectivity index (χ3v) is 1.83. The molecular weight excluding hydrogens is 232 g/mol. The maximum Gasteiger partial charge on any atom is 0.315 e. The summed E-state index contributed by atoms with van der Waals surface area (Å²) in [7, 11) is 0. The molecule has 0 unspecified atom stereocenters. The number of pyridine rings is 1. The lowest BCUT2D eigenvalue weighted by Gasteiger charge is -2.03. The third-order valence-electron chi connectivity index (χ3n) is 1.61. The second-order valence-electron chi connectivity index (χ2n) is 2.89. The molecule has 0 aliphatic carbocycles. The molecule has 0 spiro atoms. The molecule has 0 aromatic carbocycles. The molecule has 1 aromatic heterocycles. The molecule has 0 radical (unpaired) electrons. The zero-order valence-corrected chi connectivity index (χ0v) is 9.45. The Morgan fingerprint density at radius 2 is 2.25 bits per heavy atom. The Labute approximate surface area is 97.8 Å². The van der Waals surface area contributed by atoms with Crippen LogP contribution in [0.15, 0.2) is 18.3 Å². The first-order valence-corrected chi connectivity index (χ1v) is 5.06. The van der Waals surface area contributed by atoms with E-state index in [0.717, 1.165) is 0 Å². The van der Waals surface area contributed by atoms with E-state index >= 15 is 0 Å². The number of carbonyl (C=O) groups excluding carboxylic acids is 2. The van der Waals surface area contributed by atoms with Crippen LogP contribution in [0.4, 0.5) is 5.82 Å². The van der Waals surface area contributed by atoms with Crippen LogP contribution in [-0.2, 0) is 14.3 Å². The third kappa shape index (κ3) is 4.27. The molecular formula is C10H11ClN2O3. The zero-order valence-electron chi connectivity index (χ0n) is 8.70. The van der Waals surface area contributed by atoms with Gasteiger partial charge in [-0.2, -0.15) is 0 Å². The monoisotopic (exact) mass is 242 g/mol. The molecule has 0 aliphatic heterocycles. The minimum Gasteiger partial charge on any atom is -0.466 e. The summed E-state index contributed by atoms with van der Waals surface area (Å²) in [6.07, 6.45) is 1.08. The van der Waals surface area contributed by atoms with Gasteiger partial charge in [0.15, 0.2) is 0 Å². The summed E-state index contributed by atoms with van der Waals surface area (Å²) in [6, 6.07) is 3.14. The molecule has 0 saturated heterocycles. The fraction of sp³-hybridized carbons (Fsp3) is 0.300. The number of rotatable bonds is 4. The Hall–Kier alpha value is -1.62. The lowest BCUT2D eigenvalue weighted by molar-refractivity contribution is -0.145. The van der Waals surface area contributed by atoms with Crippen LogP contribution in [0.2, 0.25) is 5.02 Å². The van der Waals surface area contributed by atoms with Gasteiger partial charge >= 0.3 is 5.97 Å². The maximum atomic E-state index is 11.3. The summed E-state index contributed by atoms with van der Waals surface area (Å²) in [4.78, 5) is 26.1. The number of esters is 1. The minimum atomic E-state index is -0.561. The van der Waals surface area contributed by atoms with Crippen LogP contribution in [0, 0.1) is 0 Å². The quantitative estimate of drug-likeness (QED) is 0.644. The topological polar surface area (TPSA) is 68.3 Å². The maximum absolute atomic E-state index is 11.3. The predicted molar refractivity (Wildman–Crippen MR) is 59.1 cm³/mol. The van der Waals surface area contributed by atoms with Gasteiger partial charge in [-0.3, -0.25) is 9.59 Å². The van der Waals surface area contributed by atoms with E-state index in [-0.39, 0.29) is 13.0 Å². The van der Waals surface area contributed by atoms with Gasteiger partial charge in [0.25, 0.3) is 0 Å². The minimum absolute atomic E-state index is 0.255. The predicted octanol–water partition coefficient (Wildman–Crippen LogP) is 1.63. The largest absolute Gasteiger partial charge is 0.466 e. The van der Waals surface area contributed by atoms with Crippen molar-refractivity contribution in [2.24, 2.45) is 0 Å². The van der Waals surface area contributed by atoms with Crippen molar-refractivity contribution < 1.29 is 14.3 Å². The van der Waals surface area contributed by atoms with Gasteiger partial charge in [-0.25, -0.2) is 4.98 Å². The van der Waals surface area contributed by atoms with E-state index in [0.29, 0.717) is 10.8 Å². The first-order chi connectivity index (χ1) is 7.61. The lowest BCUT2D eigenvalue weighted by Crippen LogP contribution is -2.18. The number of hydrogen-bond donors (Lipinski definition) is 1. The van der Waals surface area contributed by atoms with Gasteiger partial charge in [0.05, 0.1) is 11.6 Å². The second-order valence-corrected chi connectivity index (χ2v) is 3.33. The highest BCUT2D eigenvalue weighted by molar-refractivity contribution is 6.30. The number of aromatic nitrogens is 1. The molecule has 0 atom stereocenters. The van der Waals surface area contributed by atoms with Gasteiger partial charge < -0.3 is 10.1 Å². The number of nitrogens with one attached hydrogen (secondary N) is 1. The molecule has 6 heteroatoms. The number of ether oxygens (including phenoxy) is 1. The van der Waals surface area contributed by atoms with Crippen molar-refractivity contribution in [3.05, 3.63) is 23.4 Å². The molecule has 0 bridgehead atoms. The molecule has 1 rings (SSSR count). The van der Waals surface area contributed by atoms with Crippen LogP contribution >= 0.6 is 11.6 Å². The first-order valence-electron chi connectivity index (χ1n) is 4.69. The number of anilines is 1. The van der Waals surface area contributed by atoms with Crippen LogP contribution in [0.25, 0.3) is 0 Å². The summed E-state index contributed by atoms with van der Waals surface area (Å²) in [5.41, 5.74) is 0. The van der Waals surface area contributed by atoms with Gasteiger partial charge in [0.2, 0.25) is 5.91 Å². The van der Waals surface area contributed by atoms with Crippen LogP contribution in [0.3, 0.4) is 0 Å². The summed E-state index contributed by atoms with van der Waals surface area (Å²) >= 11 is 5.62. The van der Waals surface area contributed by atoms with Gasteiger partial charge in [0.1, 0.15) is 12.2 Å². The highest BCUT2D eigenvalue weighted by Gasteiger charge is 2.10. The summed E-state index contributed by atoms with van der Waals surface area (Å²) in [6.45, 7) is 1.93. The van der Waals surface area contributed by atoms with Gasteiger partial charge in [0, 0.05) is 6.20 Å². The van der Waals surface area contributed by atoms with Crippen LogP contribution < -0.4 is 5.32 Å². The van der Waals surface area contributed by atoms with Crippen molar-refractivity contribution in [1.82, 2.24) is 4.98 Å². The highest BCUT2D eigenvalue weighted by atomic mass is 35.5. The van der Waals surface area contributed by atoms with E-state index < -0.39 is 11.9 Å². The average Bonchev–Trinajstić information content (AvgIpc) is 2.21. The standard InChI is InChI=1S/C10H11ClN2O3/c1-2-16-10(15)5-9(14)13-8-4-3-7(11)6-12-8/h3-4,6H,2,5H2,1H3,(H,12,13,14). The van der Waals surface area contributed by atoms with Gasteiger partial charge in [-0.1, -0.05) is 11.6 Å². The highest BCUT2D eigenvalue weighted by Crippen LogP contribution is 2.09. The molecule has 1 aromatic rings. The Bertz CT molecular complexity index is 378.